The predicted molar refractivity (Wildman–Crippen MR) is 47.8 cm³/mol. The highest BCUT2D eigenvalue weighted by Gasteiger charge is 2.05. The highest BCUT2D eigenvalue weighted by atomic mass is 32.1. The molecule has 0 saturated carbocycles. The van der Waals surface area contributed by atoms with E-state index in [1.807, 2.05) is 22.9 Å². The van der Waals surface area contributed by atoms with E-state index < -0.39 is 6.10 Å². The smallest absolute Gasteiger partial charge is 0.0922 e. The van der Waals surface area contributed by atoms with Gasteiger partial charge in [-0.25, -0.2) is 0 Å². The van der Waals surface area contributed by atoms with E-state index >= 15 is 0 Å². The number of hydrogen-bond acceptors (Lipinski definition) is 4. The van der Waals surface area contributed by atoms with Gasteiger partial charge in [0.25, 0.3) is 0 Å². The lowest BCUT2D eigenvalue weighted by molar-refractivity contribution is 0.177. The zero-order valence-corrected chi connectivity index (χ0v) is 7.34. The summed E-state index contributed by atoms with van der Waals surface area (Å²) in [6.45, 7) is 0.714. The lowest BCUT2D eigenvalue weighted by atomic mass is 10.2. The van der Waals surface area contributed by atoms with Crippen LogP contribution in [0.4, 0.5) is 0 Å². The number of thiophene rings is 1. The van der Waals surface area contributed by atoms with Crippen molar-refractivity contribution in [1.82, 2.24) is 5.32 Å². The van der Waals surface area contributed by atoms with Crippen LogP contribution < -0.4 is 5.32 Å². The molecule has 12 heavy (non-hydrogen) atoms. The topological polar surface area (TPSA) is 56.0 Å². The first-order valence-corrected chi connectivity index (χ1v) is 4.56. The Kier molecular flexibility index (Phi) is 3.74. The van der Waals surface area contributed by atoms with E-state index in [2.05, 4.69) is 5.32 Å². The number of nitrogens with zero attached hydrogens (tertiary/aromatic N) is 1. The predicted octanol–water partition coefficient (Wildman–Crippen LogP) is 0.895. The number of hydrogen-bond donors (Lipinski definition) is 2. The van der Waals surface area contributed by atoms with E-state index in [0.717, 1.165) is 5.56 Å². The second-order valence-electron chi connectivity index (χ2n) is 2.36. The fourth-order valence-electron chi connectivity index (χ4n) is 0.847. The van der Waals surface area contributed by atoms with Crippen molar-refractivity contribution in [2.45, 2.75) is 6.10 Å². The summed E-state index contributed by atoms with van der Waals surface area (Å²) in [6, 6.07) is 3.83. The van der Waals surface area contributed by atoms with Crippen LogP contribution in [0.2, 0.25) is 0 Å². The summed E-state index contributed by atoms with van der Waals surface area (Å²) in [6.07, 6.45) is -0.496. The van der Waals surface area contributed by atoms with Gasteiger partial charge in [0, 0.05) is 6.54 Å². The Morgan fingerprint density at radius 3 is 3.17 bits per heavy atom. The van der Waals surface area contributed by atoms with Gasteiger partial charge >= 0.3 is 0 Å². The van der Waals surface area contributed by atoms with Crippen LogP contribution in [-0.4, -0.2) is 18.2 Å². The molecule has 0 spiro atoms. The first-order valence-electron chi connectivity index (χ1n) is 3.62. The monoisotopic (exact) mass is 182 g/mol. The molecular formula is C8H10N2OS. The van der Waals surface area contributed by atoms with Gasteiger partial charge in [0.05, 0.1) is 18.7 Å². The number of nitrogens with one attached hydrogen (secondary N) is 1. The summed E-state index contributed by atoms with van der Waals surface area (Å²) >= 11 is 1.55. The van der Waals surface area contributed by atoms with Gasteiger partial charge in [0.15, 0.2) is 0 Å². The van der Waals surface area contributed by atoms with E-state index in [0.29, 0.717) is 6.54 Å². The SMILES string of the molecule is N#CCNCC(O)c1ccsc1. The van der Waals surface area contributed by atoms with Gasteiger partial charge in [-0.1, -0.05) is 0 Å². The minimum atomic E-state index is -0.496. The Morgan fingerprint density at radius 1 is 1.75 bits per heavy atom. The molecule has 0 bridgehead atoms. The Labute approximate surface area is 75.3 Å². The number of nitriles is 1. The van der Waals surface area contributed by atoms with Crippen LogP contribution in [-0.2, 0) is 0 Å². The van der Waals surface area contributed by atoms with Crippen molar-refractivity contribution in [2.24, 2.45) is 0 Å². The van der Waals surface area contributed by atoms with Crippen LogP contribution in [0.15, 0.2) is 16.8 Å². The molecule has 1 aromatic rings. The molecule has 4 heteroatoms. The van der Waals surface area contributed by atoms with Gasteiger partial charge in [0.1, 0.15) is 0 Å². The number of rotatable bonds is 4. The summed E-state index contributed by atoms with van der Waals surface area (Å²) in [5.41, 5.74) is 0.908. The van der Waals surface area contributed by atoms with Crippen molar-refractivity contribution in [2.75, 3.05) is 13.1 Å². The molecule has 1 aromatic heterocycles. The van der Waals surface area contributed by atoms with Crippen LogP contribution in [0.5, 0.6) is 0 Å². The molecule has 1 unspecified atom stereocenters. The molecule has 3 nitrogen and oxygen atoms in total. The van der Waals surface area contributed by atoms with Crippen molar-refractivity contribution in [1.29, 1.82) is 5.26 Å². The number of aliphatic hydroxyl groups excluding tert-OH is 1. The van der Waals surface area contributed by atoms with E-state index in [1.165, 1.54) is 0 Å². The van der Waals surface area contributed by atoms with Gasteiger partial charge in [-0.2, -0.15) is 16.6 Å². The quantitative estimate of drug-likeness (QED) is 0.537. The van der Waals surface area contributed by atoms with Gasteiger partial charge in [0.2, 0.25) is 0 Å². The van der Waals surface area contributed by atoms with Crippen molar-refractivity contribution in [3.05, 3.63) is 22.4 Å². The van der Waals surface area contributed by atoms with Gasteiger partial charge < -0.3 is 10.4 Å². The van der Waals surface area contributed by atoms with Crippen LogP contribution in [0, 0.1) is 11.3 Å². The van der Waals surface area contributed by atoms with E-state index in [-0.39, 0.29) is 6.54 Å². The van der Waals surface area contributed by atoms with Crippen molar-refractivity contribution >= 4 is 11.3 Å². The largest absolute Gasteiger partial charge is 0.387 e. The van der Waals surface area contributed by atoms with Crippen molar-refractivity contribution in [3.8, 4) is 6.07 Å². The molecule has 0 saturated heterocycles. The summed E-state index contributed by atoms with van der Waals surface area (Å²) in [5.74, 6) is 0. The molecule has 0 amide bonds. The molecule has 0 aliphatic heterocycles. The van der Waals surface area contributed by atoms with Gasteiger partial charge in [-0.15, -0.1) is 0 Å². The fourth-order valence-corrected chi connectivity index (χ4v) is 1.55. The molecule has 0 aliphatic carbocycles. The lowest BCUT2D eigenvalue weighted by Crippen LogP contribution is -2.21. The second kappa shape index (κ2) is 4.88. The molecule has 1 atom stereocenters. The van der Waals surface area contributed by atoms with Crippen LogP contribution in [0.3, 0.4) is 0 Å². The van der Waals surface area contributed by atoms with Crippen LogP contribution in [0.1, 0.15) is 11.7 Å². The first kappa shape index (κ1) is 9.20. The molecule has 64 valence electrons. The van der Waals surface area contributed by atoms with Crippen molar-refractivity contribution < 1.29 is 5.11 Å². The molecule has 1 heterocycles. The maximum Gasteiger partial charge on any atom is 0.0922 e. The maximum absolute atomic E-state index is 9.47. The molecule has 0 aliphatic rings. The molecule has 1 rings (SSSR count). The number of aliphatic hydroxyl groups is 1. The fraction of sp³-hybridized carbons (Fsp3) is 0.375. The average molecular weight is 182 g/mol. The molecule has 0 fully saturated rings. The zero-order chi connectivity index (χ0) is 8.81. The maximum atomic E-state index is 9.47. The minimum Gasteiger partial charge on any atom is -0.387 e. The molecule has 2 N–H and O–H groups in total. The summed E-state index contributed by atoms with van der Waals surface area (Å²) in [4.78, 5) is 0. The molecule has 0 radical (unpaired) electrons. The molecular weight excluding hydrogens is 172 g/mol. The highest BCUT2D eigenvalue weighted by molar-refractivity contribution is 7.07. The summed E-state index contributed by atoms with van der Waals surface area (Å²) in [7, 11) is 0. The molecule has 0 aromatic carbocycles. The first-order chi connectivity index (χ1) is 5.84. The highest BCUT2D eigenvalue weighted by Crippen LogP contribution is 2.14. The Hall–Kier alpha value is -0.890. The second-order valence-corrected chi connectivity index (χ2v) is 3.14. The Balaban J connectivity index is 2.30. The van der Waals surface area contributed by atoms with E-state index in [1.54, 1.807) is 11.3 Å². The van der Waals surface area contributed by atoms with E-state index in [9.17, 15) is 5.11 Å². The summed E-state index contributed by atoms with van der Waals surface area (Å²) in [5, 5.41) is 24.3. The van der Waals surface area contributed by atoms with Crippen molar-refractivity contribution in [3.63, 3.8) is 0 Å². The average Bonchev–Trinajstić information content (AvgIpc) is 2.56. The third kappa shape index (κ3) is 2.62. The third-order valence-corrected chi connectivity index (χ3v) is 2.17. The Morgan fingerprint density at radius 2 is 2.58 bits per heavy atom. The van der Waals surface area contributed by atoms with Gasteiger partial charge in [-0.05, 0) is 22.4 Å². The van der Waals surface area contributed by atoms with Crippen LogP contribution in [0.25, 0.3) is 0 Å². The minimum absolute atomic E-state index is 0.279. The standard InChI is InChI=1S/C8H10N2OS/c9-2-3-10-5-8(11)7-1-4-12-6-7/h1,4,6,8,10-11H,3,5H2. The Bertz CT molecular complexity index is 253. The van der Waals surface area contributed by atoms with Crippen LogP contribution >= 0.6 is 11.3 Å². The third-order valence-electron chi connectivity index (χ3n) is 1.47. The zero-order valence-electron chi connectivity index (χ0n) is 6.53. The summed E-state index contributed by atoms with van der Waals surface area (Å²) < 4.78 is 0. The lowest BCUT2D eigenvalue weighted by Gasteiger charge is -2.07. The normalized spacial score (nSPS) is 12.3. The van der Waals surface area contributed by atoms with E-state index in [4.69, 9.17) is 5.26 Å². The van der Waals surface area contributed by atoms with Gasteiger partial charge in [-0.3, -0.25) is 0 Å².